The summed E-state index contributed by atoms with van der Waals surface area (Å²) in [6, 6.07) is 1.74. The van der Waals surface area contributed by atoms with Crippen molar-refractivity contribution in [3.8, 4) is 0 Å². The number of nitrogens with one attached hydrogen (secondary N) is 1. The van der Waals surface area contributed by atoms with Gasteiger partial charge in [-0.3, -0.25) is 0 Å². The molecule has 2 rings (SSSR count). The summed E-state index contributed by atoms with van der Waals surface area (Å²) in [7, 11) is 0. The third-order valence-corrected chi connectivity index (χ3v) is 3.75. The maximum absolute atomic E-state index is 14.6. The standard InChI is InChI=1S/C11H15BrFNO/c1-11(13,8-3-2-5-14-7-8)10-9(12)4-6-15-10/h4,6,8,14H,2-3,5,7H2,1H3. The van der Waals surface area contributed by atoms with Crippen LogP contribution in [0.2, 0.25) is 0 Å². The van der Waals surface area contributed by atoms with Crippen molar-refractivity contribution in [3.63, 3.8) is 0 Å². The fourth-order valence-electron chi connectivity index (χ4n) is 2.14. The molecule has 0 aliphatic carbocycles. The monoisotopic (exact) mass is 275 g/mol. The fraction of sp³-hybridized carbons (Fsp3) is 0.636. The first-order valence-corrected chi connectivity index (χ1v) is 6.05. The molecule has 84 valence electrons. The van der Waals surface area contributed by atoms with E-state index in [1.165, 1.54) is 6.26 Å². The molecule has 0 spiro atoms. The number of alkyl halides is 1. The van der Waals surface area contributed by atoms with Gasteiger partial charge in [0.15, 0.2) is 11.4 Å². The highest BCUT2D eigenvalue weighted by atomic mass is 79.9. The highest BCUT2D eigenvalue weighted by molar-refractivity contribution is 9.10. The molecular formula is C11H15BrFNO. The van der Waals surface area contributed by atoms with E-state index in [0.717, 1.165) is 30.4 Å². The van der Waals surface area contributed by atoms with Gasteiger partial charge in [0.05, 0.1) is 10.7 Å². The zero-order valence-corrected chi connectivity index (χ0v) is 10.3. The third kappa shape index (κ3) is 2.11. The lowest BCUT2D eigenvalue weighted by atomic mass is 9.83. The Morgan fingerprint density at radius 1 is 1.67 bits per heavy atom. The van der Waals surface area contributed by atoms with Crippen molar-refractivity contribution in [1.29, 1.82) is 0 Å². The van der Waals surface area contributed by atoms with Crippen LogP contribution in [0.15, 0.2) is 21.2 Å². The normalized spacial score (nSPS) is 26.2. The number of hydrogen-bond donors (Lipinski definition) is 1. The molecule has 4 heteroatoms. The van der Waals surface area contributed by atoms with Crippen LogP contribution in [0, 0.1) is 5.92 Å². The third-order valence-electron chi connectivity index (χ3n) is 3.12. The second kappa shape index (κ2) is 4.26. The van der Waals surface area contributed by atoms with E-state index in [4.69, 9.17) is 4.42 Å². The van der Waals surface area contributed by atoms with E-state index < -0.39 is 5.67 Å². The summed E-state index contributed by atoms with van der Waals surface area (Å²) in [5.41, 5.74) is -1.39. The lowest BCUT2D eigenvalue weighted by Crippen LogP contribution is -2.39. The molecule has 1 fully saturated rings. The average Bonchev–Trinajstić information content (AvgIpc) is 2.66. The summed E-state index contributed by atoms with van der Waals surface area (Å²) < 4.78 is 20.6. The molecule has 1 saturated heterocycles. The van der Waals surface area contributed by atoms with Crippen LogP contribution >= 0.6 is 15.9 Å². The van der Waals surface area contributed by atoms with Crippen LogP contribution in [-0.4, -0.2) is 13.1 Å². The smallest absolute Gasteiger partial charge is 0.170 e. The average molecular weight is 276 g/mol. The summed E-state index contributed by atoms with van der Waals surface area (Å²) in [5.74, 6) is 0.407. The van der Waals surface area contributed by atoms with Gasteiger partial charge in [-0.25, -0.2) is 4.39 Å². The molecule has 0 saturated carbocycles. The van der Waals surface area contributed by atoms with Crippen molar-refractivity contribution in [1.82, 2.24) is 5.32 Å². The molecule has 1 N–H and O–H groups in total. The highest BCUT2D eigenvalue weighted by Crippen LogP contribution is 2.40. The SMILES string of the molecule is CC(F)(c1occc1Br)C1CCCNC1. The number of halogens is 2. The van der Waals surface area contributed by atoms with Crippen LogP contribution in [0.1, 0.15) is 25.5 Å². The molecule has 2 heterocycles. The van der Waals surface area contributed by atoms with Gasteiger partial charge in [-0.2, -0.15) is 0 Å². The number of rotatable bonds is 2. The summed E-state index contributed by atoms with van der Waals surface area (Å²) in [6.07, 6.45) is 3.46. The molecule has 15 heavy (non-hydrogen) atoms. The maximum atomic E-state index is 14.6. The second-order valence-electron chi connectivity index (χ2n) is 4.22. The van der Waals surface area contributed by atoms with Crippen LogP contribution in [0.4, 0.5) is 4.39 Å². The number of hydrogen-bond acceptors (Lipinski definition) is 2. The van der Waals surface area contributed by atoms with E-state index in [2.05, 4.69) is 21.2 Å². The number of furan rings is 1. The van der Waals surface area contributed by atoms with E-state index in [9.17, 15) is 4.39 Å². The highest BCUT2D eigenvalue weighted by Gasteiger charge is 2.40. The van der Waals surface area contributed by atoms with E-state index in [1.54, 1.807) is 13.0 Å². The van der Waals surface area contributed by atoms with Crippen molar-refractivity contribution in [2.45, 2.75) is 25.4 Å². The molecule has 1 aromatic heterocycles. The molecule has 1 aliphatic heterocycles. The Balaban J connectivity index is 2.21. The van der Waals surface area contributed by atoms with Crippen LogP contribution in [-0.2, 0) is 5.67 Å². The lowest BCUT2D eigenvalue weighted by Gasteiger charge is -2.32. The van der Waals surface area contributed by atoms with Gasteiger partial charge in [0, 0.05) is 12.5 Å². The van der Waals surface area contributed by atoms with Gasteiger partial charge in [0.1, 0.15) is 0 Å². The molecular weight excluding hydrogens is 261 g/mol. The van der Waals surface area contributed by atoms with Crippen LogP contribution < -0.4 is 5.32 Å². The Kier molecular flexibility index (Phi) is 3.16. The molecule has 0 amide bonds. The van der Waals surface area contributed by atoms with Gasteiger partial charge < -0.3 is 9.73 Å². The van der Waals surface area contributed by atoms with E-state index in [0.29, 0.717) is 5.76 Å². The van der Waals surface area contributed by atoms with Gasteiger partial charge in [0.2, 0.25) is 0 Å². The Hall–Kier alpha value is -0.350. The first kappa shape index (κ1) is 11.1. The molecule has 2 nitrogen and oxygen atoms in total. The summed E-state index contributed by atoms with van der Waals surface area (Å²) in [6.45, 7) is 3.32. The Bertz CT molecular complexity index is 331. The number of piperidine rings is 1. The molecule has 0 aromatic carbocycles. The zero-order valence-electron chi connectivity index (χ0n) is 8.72. The summed E-state index contributed by atoms with van der Waals surface area (Å²) in [4.78, 5) is 0. The first-order chi connectivity index (χ1) is 7.12. The van der Waals surface area contributed by atoms with Gasteiger partial charge in [-0.1, -0.05) is 0 Å². The van der Waals surface area contributed by atoms with Gasteiger partial charge in [-0.05, 0) is 48.3 Å². The van der Waals surface area contributed by atoms with Gasteiger partial charge in [0.25, 0.3) is 0 Å². The van der Waals surface area contributed by atoms with Gasteiger partial charge >= 0.3 is 0 Å². The van der Waals surface area contributed by atoms with Crippen LogP contribution in [0.3, 0.4) is 0 Å². The Morgan fingerprint density at radius 3 is 3.00 bits per heavy atom. The summed E-state index contributed by atoms with van der Waals surface area (Å²) in [5, 5.41) is 3.23. The van der Waals surface area contributed by atoms with Crippen molar-refractivity contribution in [2.75, 3.05) is 13.1 Å². The fourth-order valence-corrected chi connectivity index (χ4v) is 2.73. The molecule has 1 aromatic rings. The minimum Gasteiger partial charge on any atom is -0.465 e. The quantitative estimate of drug-likeness (QED) is 0.897. The largest absolute Gasteiger partial charge is 0.465 e. The minimum absolute atomic E-state index is 0.00583. The first-order valence-electron chi connectivity index (χ1n) is 5.25. The van der Waals surface area contributed by atoms with E-state index >= 15 is 0 Å². The van der Waals surface area contributed by atoms with Crippen molar-refractivity contribution in [2.24, 2.45) is 5.92 Å². The maximum Gasteiger partial charge on any atom is 0.170 e. The summed E-state index contributed by atoms with van der Waals surface area (Å²) >= 11 is 3.31. The van der Waals surface area contributed by atoms with Crippen molar-refractivity contribution in [3.05, 3.63) is 22.6 Å². The second-order valence-corrected chi connectivity index (χ2v) is 5.07. The predicted molar refractivity (Wildman–Crippen MR) is 60.5 cm³/mol. The molecule has 1 aliphatic rings. The molecule has 0 bridgehead atoms. The zero-order chi connectivity index (χ0) is 10.9. The van der Waals surface area contributed by atoms with Crippen LogP contribution in [0.25, 0.3) is 0 Å². The van der Waals surface area contributed by atoms with E-state index in [1.807, 2.05) is 0 Å². The Morgan fingerprint density at radius 2 is 2.47 bits per heavy atom. The molecule has 2 atom stereocenters. The van der Waals surface area contributed by atoms with Crippen molar-refractivity contribution >= 4 is 15.9 Å². The molecule has 0 radical (unpaired) electrons. The Labute approximate surface area is 97.4 Å². The van der Waals surface area contributed by atoms with Crippen molar-refractivity contribution < 1.29 is 8.81 Å². The lowest BCUT2D eigenvalue weighted by molar-refractivity contribution is 0.0564. The molecule has 2 unspecified atom stereocenters. The van der Waals surface area contributed by atoms with Gasteiger partial charge in [-0.15, -0.1) is 0 Å². The van der Waals surface area contributed by atoms with E-state index in [-0.39, 0.29) is 5.92 Å². The topological polar surface area (TPSA) is 25.2 Å². The van der Waals surface area contributed by atoms with Crippen LogP contribution in [0.5, 0.6) is 0 Å². The predicted octanol–water partition coefficient (Wildman–Crippen LogP) is 3.23. The minimum atomic E-state index is -1.39.